The van der Waals surface area contributed by atoms with Gasteiger partial charge in [0, 0.05) is 24.1 Å². The van der Waals surface area contributed by atoms with Crippen molar-refractivity contribution in [2.45, 2.75) is 51.0 Å². The molecule has 2 heterocycles. The van der Waals surface area contributed by atoms with Gasteiger partial charge in [0.05, 0.1) is 18.7 Å². The summed E-state index contributed by atoms with van der Waals surface area (Å²) in [6.45, 7) is 2.00. The van der Waals surface area contributed by atoms with Crippen LogP contribution in [0.3, 0.4) is 0 Å². The van der Waals surface area contributed by atoms with Gasteiger partial charge in [0.2, 0.25) is 5.91 Å². The van der Waals surface area contributed by atoms with E-state index in [0.29, 0.717) is 11.1 Å². The quantitative estimate of drug-likeness (QED) is 0.503. The number of hydrogen-bond donors (Lipinski definition) is 2. The molecule has 0 saturated heterocycles. The number of aryl methyl sites for hydroxylation is 1. The monoisotopic (exact) mass is 460 g/mol. The lowest BCUT2D eigenvalue weighted by Crippen LogP contribution is -2.36. The van der Waals surface area contributed by atoms with Crippen molar-refractivity contribution >= 4 is 11.7 Å². The van der Waals surface area contributed by atoms with Crippen LogP contribution in [0.4, 0.5) is 23.4 Å². The standard InChI is InChI=1S/C24H24F4N4O/c1-2-15-7-9-16(10-8-15)20-12-21(24(26,27)28)32-23(31-20)18(14-30-32)11-22(33)29-13-17-5-3-4-6-19(17)25/h3-10,14,20-21,31H,2,11-13H2,1H3,(H,29,33)/t20-,21+/m1/s1. The Bertz CT molecular complexity index is 1120. The van der Waals surface area contributed by atoms with E-state index in [1.54, 1.807) is 18.2 Å². The summed E-state index contributed by atoms with van der Waals surface area (Å²) in [5.41, 5.74) is 2.52. The molecule has 1 aliphatic rings. The summed E-state index contributed by atoms with van der Waals surface area (Å²) in [4.78, 5) is 12.5. The lowest BCUT2D eigenvalue weighted by Gasteiger charge is -2.34. The van der Waals surface area contributed by atoms with Crippen LogP contribution in [0.25, 0.3) is 0 Å². The summed E-state index contributed by atoms with van der Waals surface area (Å²) >= 11 is 0. The SMILES string of the molecule is CCc1ccc([C@H]2C[C@@H](C(F)(F)F)n3ncc(CC(=O)NCc4ccccc4F)c3N2)cc1. The fraction of sp³-hybridized carbons (Fsp3) is 0.333. The van der Waals surface area contributed by atoms with Crippen LogP contribution in [0.2, 0.25) is 0 Å². The van der Waals surface area contributed by atoms with Crippen molar-refractivity contribution in [3.05, 3.63) is 82.8 Å². The first-order chi connectivity index (χ1) is 15.8. The molecule has 4 rings (SSSR count). The van der Waals surface area contributed by atoms with Crippen LogP contribution in [0.1, 0.15) is 47.7 Å². The predicted octanol–water partition coefficient (Wildman–Crippen LogP) is 5.10. The van der Waals surface area contributed by atoms with Gasteiger partial charge in [0.15, 0.2) is 6.04 Å². The van der Waals surface area contributed by atoms with E-state index in [2.05, 4.69) is 15.7 Å². The number of amides is 1. The zero-order chi connectivity index (χ0) is 23.6. The van der Waals surface area contributed by atoms with Crippen LogP contribution in [-0.2, 0) is 24.2 Å². The van der Waals surface area contributed by atoms with Gasteiger partial charge in [-0.05, 0) is 23.6 Å². The average Bonchev–Trinajstić information content (AvgIpc) is 3.19. The third-order valence-corrected chi connectivity index (χ3v) is 5.89. The van der Waals surface area contributed by atoms with Gasteiger partial charge >= 0.3 is 6.18 Å². The zero-order valence-electron chi connectivity index (χ0n) is 18.0. The smallest absolute Gasteiger partial charge is 0.363 e. The number of carbonyl (C=O) groups is 1. The van der Waals surface area contributed by atoms with E-state index in [1.807, 2.05) is 31.2 Å². The number of nitrogens with zero attached hydrogens (tertiary/aromatic N) is 2. The molecule has 0 bridgehead atoms. The predicted molar refractivity (Wildman–Crippen MR) is 116 cm³/mol. The highest BCUT2D eigenvalue weighted by molar-refractivity contribution is 5.80. The second-order valence-corrected chi connectivity index (χ2v) is 8.09. The maximum absolute atomic E-state index is 13.8. The van der Waals surface area contributed by atoms with Gasteiger partial charge in [-0.3, -0.25) is 4.79 Å². The average molecular weight is 460 g/mol. The molecule has 1 aliphatic heterocycles. The van der Waals surface area contributed by atoms with Crippen molar-refractivity contribution in [3.8, 4) is 0 Å². The van der Waals surface area contributed by atoms with Crippen LogP contribution < -0.4 is 10.6 Å². The number of halogens is 4. The first-order valence-electron chi connectivity index (χ1n) is 10.7. The minimum Gasteiger partial charge on any atom is -0.363 e. The van der Waals surface area contributed by atoms with Crippen LogP contribution in [0, 0.1) is 5.82 Å². The third kappa shape index (κ3) is 5.02. The van der Waals surface area contributed by atoms with Gasteiger partial charge < -0.3 is 10.6 Å². The van der Waals surface area contributed by atoms with E-state index in [1.165, 1.54) is 12.3 Å². The molecule has 3 aromatic rings. The van der Waals surface area contributed by atoms with Crippen molar-refractivity contribution in [1.29, 1.82) is 0 Å². The molecule has 1 amide bonds. The van der Waals surface area contributed by atoms with Crippen molar-refractivity contribution in [1.82, 2.24) is 15.1 Å². The Kier molecular flexibility index (Phi) is 6.40. The van der Waals surface area contributed by atoms with Crippen LogP contribution >= 0.6 is 0 Å². The summed E-state index contributed by atoms with van der Waals surface area (Å²) in [7, 11) is 0. The summed E-state index contributed by atoms with van der Waals surface area (Å²) in [6, 6.07) is 11.2. The molecule has 1 aromatic heterocycles. The molecule has 0 saturated carbocycles. The Hall–Kier alpha value is -3.36. The molecule has 0 aliphatic carbocycles. The van der Waals surface area contributed by atoms with E-state index in [4.69, 9.17) is 0 Å². The lowest BCUT2D eigenvalue weighted by molar-refractivity contribution is -0.173. The highest BCUT2D eigenvalue weighted by Crippen LogP contribution is 2.44. The Morgan fingerprint density at radius 1 is 1.15 bits per heavy atom. The fourth-order valence-corrected chi connectivity index (χ4v) is 4.02. The summed E-state index contributed by atoms with van der Waals surface area (Å²) in [6.07, 6.45) is -2.75. The van der Waals surface area contributed by atoms with Crippen LogP contribution in [0.5, 0.6) is 0 Å². The number of hydrogen-bond acceptors (Lipinski definition) is 3. The molecule has 0 radical (unpaired) electrons. The Labute approximate surface area is 188 Å². The number of rotatable bonds is 6. The number of benzene rings is 2. The lowest BCUT2D eigenvalue weighted by atomic mass is 9.95. The molecular formula is C24H24F4N4O. The summed E-state index contributed by atoms with van der Waals surface area (Å²) in [5, 5.41) is 9.71. The van der Waals surface area contributed by atoms with Crippen molar-refractivity contribution in [3.63, 3.8) is 0 Å². The maximum Gasteiger partial charge on any atom is 0.410 e. The minimum absolute atomic E-state index is 0.0139. The van der Waals surface area contributed by atoms with E-state index in [9.17, 15) is 22.4 Å². The van der Waals surface area contributed by atoms with E-state index < -0.39 is 30.0 Å². The zero-order valence-corrected chi connectivity index (χ0v) is 18.0. The van der Waals surface area contributed by atoms with Gasteiger partial charge in [0.1, 0.15) is 11.6 Å². The fourth-order valence-electron chi connectivity index (χ4n) is 4.02. The third-order valence-electron chi connectivity index (χ3n) is 5.89. The molecule has 33 heavy (non-hydrogen) atoms. The molecule has 9 heteroatoms. The molecule has 2 atom stereocenters. The largest absolute Gasteiger partial charge is 0.410 e. The summed E-state index contributed by atoms with van der Waals surface area (Å²) < 4.78 is 56.2. The first kappa shape index (κ1) is 22.8. The molecular weight excluding hydrogens is 436 g/mol. The molecule has 2 aromatic carbocycles. The van der Waals surface area contributed by atoms with Crippen molar-refractivity contribution in [2.75, 3.05) is 5.32 Å². The molecule has 5 nitrogen and oxygen atoms in total. The second kappa shape index (κ2) is 9.25. The second-order valence-electron chi connectivity index (χ2n) is 8.09. The normalized spacial score (nSPS) is 17.8. The van der Waals surface area contributed by atoms with Crippen LogP contribution in [-0.4, -0.2) is 21.9 Å². The maximum atomic E-state index is 13.8. The minimum atomic E-state index is -4.49. The van der Waals surface area contributed by atoms with Crippen molar-refractivity contribution < 1.29 is 22.4 Å². The number of fused-ring (bicyclic) bond motifs is 1. The highest BCUT2D eigenvalue weighted by atomic mass is 19.4. The van der Waals surface area contributed by atoms with Gasteiger partial charge in [-0.25, -0.2) is 9.07 Å². The first-order valence-corrected chi connectivity index (χ1v) is 10.7. The van der Waals surface area contributed by atoms with Gasteiger partial charge in [0.25, 0.3) is 0 Å². The van der Waals surface area contributed by atoms with E-state index >= 15 is 0 Å². The number of anilines is 1. The number of nitrogens with one attached hydrogen (secondary N) is 2. The van der Waals surface area contributed by atoms with E-state index in [0.717, 1.165) is 22.2 Å². The molecule has 0 fully saturated rings. The van der Waals surface area contributed by atoms with E-state index in [-0.39, 0.29) is 25.2 Å². The number of carbonyl (C=O) groups excluding carboxylic acids is 1. The molecule has 2 N–H and O–H groups in total. The van der Waals surface area contributed by atoms with Crippen molar-refractivity contribution in [2.24, 2.45) is 0 Å². The molecule has 0 unspecified atom stereocenters. The summed E-state index contributed by atoms with van der Waals surface area (Å²) in [5.74, 6) is -0.699. The topological polar surface area (TPSA) is 59.0 Å². The highest BCUT2D eigenvalue weighted by Gasteiger charge is 2.46. The Morgan fingerprint density at radius 3 is 2.55 bits per heavy atom. The molecule has 0 spiro atoms. The Morgan fingerprint density at radius 2 is 1.88 bits per heavy atom. The van der Waals surface area contributed by atoms with Crippen LogP contribution in [0.15, 0.2) is 54.7 Å². The Balaban J connectivity index is 1.54. The number of aromatic nitrogens is 2. The number of alkyl halides is 3. The van der Waals surface area contributed by atoms with Gasteiger partial charge in [-0.2, -0.15) is 18.3 Å². The van der Waals surface area contributed by atoms with Gasteiger partial charge in [-0.15, -0.1) is 0 Å². The molecule has 174 valence electrons. The van der Waals surface area contributed by atoms with Gasteiger partial charge in [-0.1, -0.05) is 49.4 Å².